The van der Waals surface area contributed by atoms with E-state index in [0.717, 1.165) is 16.9 Å². The number of rotatable bonds is 2. The molecule has 0 aliphatic carbocycles. The lowest BCUT2D eigenvalue weighted by Gasteiger charge is -2.08. The van der Waals surface area contributed by atoms with Gasteiger partial charge in [-0.1, -0.05) is 0 Å². The molecule has 0 saturated carbocycles. The lowest BCUT2D eigenvalue weighted by atomic mass is 10.0. The molecule has 3 heteroatoms. The molecular formula is C13H10N2O. The van der Waals surface area contributed by atoms with E-state index in [4.69, 9.17) is 10.00 Å². The Kier molecular flexibility index (Phi) is 2.84. The summed E-state index contributed by atoms with van der Waals surface area (Å²) in [4.78, 5) is 3.96. The molecular weight excluding hydrogens is 200 g/mol. The van der Waals surface area contributed by atoms with Crippen LogP contribution in [0.1, 0.15) is 5.56 Å². The van der Waals surface area contributed by atoms with Gasteiger partial charge >= 0.3 is 0 Å². The summed E-state index contributed by atoms with van der Waals surface area (Å²) in [5, 5.41) is 8.87. The van der Waals surface area contributed by atoms with Crippen LogP contribution in [0, 0.1) is 11.3 Å². The van der Waals surface area contributed by atoms with Crippen LogP contribution in [0.25, 0.3) is 11.1 Å². The fourth-order valence-corrected chi connectivity index (χ4v) is 1.53. The zero-order valence-electron chi connectivity index (χ0n) is 8.84. The third kappa shape index (κ3) is 1.86. The Morgan fingerprint density at radius 1 is 1.19 bits per heavy atom. The van der Waals surface area contributed by atoms with Gasteiger partial charge in [-0.25, -0.2) is 0 Å². The Morgan fingerprint density at radius 3 is 2.56 bits per heavy atom. The fraction of sp³-hybridized carbons (Fsp3) is 0.0769. The maximum Gasteiger partial charge on any atom is 0.126 e. The second-order valence-corrected chi connectivity index (χ2v) is 3.26. The van der Waals surface area contributed by atoms with Crippen LogP contribution in [0.5, 0.6) is 5.75 Å². The van der Waals surface area contributed by atoms with Gasteiger partial charge in [-0.2, -0.15) is 5.26 Å². The van der Waals surface area contributed by atoms with Gasteiger partial charge in [0, 0.05) is 18.0 Å². The van der Waals surface area contributed by atoms with Crippen molar-refractivity contribution in [1.29, 1.82) is 5.26 Å². The molecule has 0 saturated heterocycles. The summed E-state index contributed by atoms with van der Waals surface area (Å²) in [6.07, 6.45) is 3.43. The highest BCUT2D eigenvalue weighted by Crippen LogP contribution is 2.30. The lowest BCUT2D eigenvalue weighted by molar-refractivity contribution is 0.416. The van der Waals surface area contributed by atoms with E-state index >= 15 is 0 Å². The summed E-state index contributed by atoms with van der Waals surface area (Å²) < 4.78 is 5.27. The number of benzene rings is 1. The predicted octanol–water partition coefficient (Wildman–Crippen LogP) is 2.63. The lowest BCUT2D eigenvalue weighted by Crippen LogP contribution is -1.89. The van der Waals surface area contributed by atoms with Gasteiger partial charge in [-0.3, -0.25) is 4.98 Å². The zero-order chi connectivity index (χ0) is 11.4. The molecule has 0 radical (unpaired) electrons. The van der Waals surface area contributed by atoms with Crippen molar-refractivity contribution < 1.29 is 4.74 Å². The first kappa shape index (κ1) is 10.2. The quantitative estimate of drug-likeness (QED) is 0.765. The van der Waals surface area contributed by atoms with E-state index in [1.165, 1.54) is 0 Å². The maximum absolute atomic E-state index is 8.87. The van der Waals surface area contributed by atoms with E-state index in [1.54, 1.807) is 31.6 Å². The summed E-state index contributed by atoms with van der Waals surface area (Å²) in [5.74, 6) is 0.755. The smallest absolute Gasteiger partial charge is 0.126 e. The van der Waals surface area contributed by atoms with Crippen LogP contribution < -0.4 is 4.74 Å². The van der Waals surface area contributed by atoms with Gasteiger partial charge in [-0.05, 0) is 35.9 Å². The number of hydrogen-bond acceptors (Lipinski definition) is 3. The Labute approximate surface area is 93.9 Å². The van der Waals surface area contributed by atoms with Gasteiger partial charge in [0.05, 0.1) is 18.7 Å². The largest absolute Gasteiger partial charge is 0.496 e. The number of pyridine rings is 1. The van der Waals surface area contributed by atoms with E-state index in [1.807, 2.05) is 18.2 Å². The normalized spacial score (nSPS) is 9.50. The molecule has 0 unspecified atom stereocenters. The van der Waals surface area contributed by atoms with E-state index in [-0.39, 0.29) is 0 Å². The summed E-state index contributed by atoms with van der Waals surface area (Å²) in [5.41, 5.74) is 2.51. The molecule has 0 aliphatic rings. The van der Waals surface area contributed by atoms with Crippen molar-refractivity contribution in [3.05, 3.63) is 48.3 Å². The van der Waals surface area contributed by atoms with E-state index in [9.17, 15) is 0 Å². The van der Waals surface area contributed by atoms with Gasteiger partial charge in [0.25, 0.3) is 0 Å². The number of nitriles is 1. The highest BCUT2D eigenvalue weighted by atomic mass is 16.5. The van der Waals surface area contributed by atoms with Crippen LogP contribution in [-0.4, -0.2) is 12.1 Å². The van der Waals surface area contributed by atoms with Crippen molar-refractivity contribution in [3.63, 3.8) is 0 Å². The number of nitrogens with zero attached hydrogens (tertiary/aromatic N) is 2. The van der Waals surface area contributed by atoms with Crippen LogP contribution in [-0.2, 0) is 0 Å². The molecule has 1 aromatic heterocycles. The summed E-state index contributed by atoms with van der Waals surface area (Å²) >= 11 is 0. The summed E-state index contributed by atoms with van der Waals surface area (Å²) in [6.45, 7) is 0. The molecule has 16 heavy (non-hydrogen) atoms. The molecule has 0 amide bonds. The van der Waals surface area contributed by atoms with Crippen molar-refractivity contribution in [2.24, 2.45) is 0 Å². The standard InChI is InChI=1S/C13H10N2O/c1-16-13-3-2-10(9-14)8-12(13)11-4-6-15-7-5-11/h2-8H,1H3. The van der Waals surface area contributed by atoms with E-state index in [0.29, 0.717) is 5.56 Å². The van der Waals surface area contributed by atoms with Gasteiger partial charge in [-0.15, -0.1) is 0 Å². The number of methoxy groups -OCH3 is 1. The van der Waals surface area contributed by atoms with Gasteiger partial charge in [0.15, 0.2) is 0 Å². The van der Waals surface area contributed by atoms with Gasteiger partial charge < -0.3 is 4.74 Å². The van der Waals surface area contributed by atoms with E-state index < -0.39 is 0 Å². The molecule has 0 atom stereocenters. The van der Waals surface area contributed by atoms with Crippen molar-refractivity contribution in [2.75, 3.05) is 7.11 Å². The minimum atomic E-state index is 0.618. The van der Waals surface area contributed by atoms with Crippen molar-refractivity contribution in [1.82, 2.24) is 4.98 Å². The monoisotopic (exact) mass is 210 g/mol. The summed E-state index contributed by atoms with van der Waals surface area (Å²) in [6, 6.07) is 11.2. The Morgan fingerprint density at radius 2 is 1.94 bits per heavy atom. The second kappa shape index (κ2) is 4.45. The van der Waals surface area contributed by atoms with Crippen LogP contribution in [0.15, 0.2) is 42.7 Å². The molecule has 1 aromatic carbocycles. The molecule has 78 valence electrons. The average molecular weight is 210 g/mol. The molecule has 2 aromatic rings. The highest BCUT2D eigenvalue weighted by Gasteiger charge is 2.06. The Balaban J connectivity index is 2.59. The van der Waals surface area contributed by atoms with Gasteiger partial charge in [0.1, 0.15) is 5.75 Å². The van der Waals surface area contributed by atoms with E-state index in [2.05, 4.69) is 11.1 Å². The SMILES string of the molecule is COc1ccc(C#N)cc1-c1ccncc1. The molecule has 3 nitrogen and oxygen atoms in total. The van der Waals surface area contributed by atoms with Gasteiger partial charge in [0.2, 0.25) is 0 Å². The first-order chi connectivity index (χ1) is 7.85. The first-order valence-corrected chi connectivity index (χ1v) is 4.83. The average Bonchev–Trinajstić information content (AvgIpc) is 2.39. The zero-order valence-corrected chi connectivity index (χ0v) is 8.84. The van der Waals surface area contributed by atoms with Crippen molar-refractivity contribution >= 4 is 0 Å². The molecule has 0 fully saturated rings. The van der Waals surface area contributed by atoms with Crippen LogP contribution in [0.2, 0.25) is 0 Å². The molecule has 0 spiro atoms. The first-order valence-electron chi connectivity index (χ1n) is 4.83. The number of hydrogen-bond donors (Lipinski definition) is 0. The van der Waals surface area contributed by atoms with Crippen molar-refractivity contribution in [3.8, 4) is 22.9 Å². The van der Waals surface area contributed by atoms with Crippen molar-refractivity contribution in [2.45, 2.75) is 0 Å². The van der Waals surface area contributed by atoms with Crippen LogP contribution >= 0.6 is 0 Å². The minimum absolute atomic E-state index is 0.618. The summed E-state index contributed by atoms with van der Waals surface area (Å²) in [7, 11) is 1.62. The third-order valence-electron chi connectivity index (χ3n) is 2.32. The number of ether oxygens (including phenoxy) is 1. The molecule has 2 rings (SSSR count). The number of aromatic nitrogens is 1. The molecule has 0 aliphatic heterocycles. The predicted molar refractivity (Wildman–Crippen MR) is 60.9 cm³/mol. The highest BCUT2D eigenvalue weighted by molar-refractivity contribution is 5.71. The minimum Gasteiger partial charge on any atom is -0.496 e. The second-order valence-electron chi connectivity index (χ2n) is 3.26. The third-order valence-corrected chi connectivity index (χ3v) is 2.32. The van der Waals surface area contributed by atoms with Crippen LogP contribution in [0.3, 0.4) is 0 Å². The van der Waals surface area contributed by atoms with Crippen LogP contribution in [0.4, 0.5) is 0 Å². The Hall–Kier alpha value is -2.34. The Bertz CT molecular complexity index is 529. The maximum atomic E-state index is 8.87. The topological polar surface area (TPSA) is 45.9 Å². The molecule has 0 N–H and O–H groups in total. The molecule has 0 bridgehead atoms. The fourth-order valence-electron chi connectivity index (χ4n) is 1.53. The molecule has 1 heterocycles.